The van der Waals surface area contributed by atoms with Gasteiger partial charge < -0.3 is 24.3 Å². The first kappa shape index (κ1) is 32.0. The smallest absolute Gasteiger partial charge is 0.318 e. The van der Waals surface area contributed by atoms with Gasteiger partial charge in [-0.1, -0.05) is 43.3 Å². The lowest BCUT2D eigenvalue weighted by molar-refractivity contribution is -0.131. The van der Waals surface area contributed by atoms with E-state index >= 15 is 0 Å². The van der Waals surface area contributed by atoms with Gasteiger partial charge in [-0.15, -0.1) is 0 Å². The van der Waals surface area contributed by atoms with Crippen molar-refractivity contribution in [2.45, 2.75) is 45.2 Å². The molecule has 2 aromatic carbocycles. The van der Waals surface area contributed by atoms with Gasteiger partial charge in [-0.05, 0) is 50.4 Å². The average molecular weight is 650 g/mol. The second-order valence-corrected chi connectivity index (χ2v) is 13.0. The predicted molar refractivity (Wildman–Crippen MR) is 174 cm³/mol. The van der Waals surface area contributed by atoms with Crippen LogP contribution in [0, 0.1) is 22.6 Å². The van der Waals surface area contributed by atoms with Gasteiger partial charge in [0.15, 0.2) is 5.83 Å². The molecule has 3 aliphatic rings. The largest absolute Gasteiger partial charge is 0.463 e. The Morgan fingerprint density at radius 2 is 2.02 bits per heavy atom. The van der Waals surface area contributed by atoms with E-state index in [4.69, 9.17) is 26.3 Å². The van der Waals surface area contributed by atoms with E-state index < -0.39 is 23.6 Å². The predicted octanol–water partition coefficient (Wildman–Crippen LogP) is 5.51. The summed E-state index contributed by atoms with van der Waals surface area (Å²) in [5.74, 6) is -1.60. The van der Waals surface area contributed by atoms with Crippen molar-refractivity contribution in [2.75, 3.05) is 62.7 Å². The van der Waals surface area contributed by atoms with Crippen molar-refractivity contribution in [2.24, 2.45) is 5.41 Å². The quantitative estimate of drug-likeness (QED) is 0.266. The van der Waals surface area contributed by atoms with Gasteiger partial charge in [0.05, 0.1) is 42.4 Å². The number of piperazine rings is 1. The maximum absolute atomic E-state index is 14.6. The van der Waals surface area contributed by atoms with Crippen molar-refractivity contribution in [1.29, 1.82) is 5.26 Å². The molecular weight excluding hydrogens is 612 g/mol. The summed E-state index contributed by atoms with van der Waals surface area (Å²) in [4.78, 5) is 30.3. The average Bonchev–Trinajstić information content (AvgIpc) is 3.83. The van der Waals surface area contributed by atoms with Gasteiger partial charge in [0.25, 0.3) is 5.91 Å². The van der Waals surface area contributed by atoms with Crippen LogP contribution in [0.2, 0.25) is 5.02 Å². The molecule has 0 radical (unpaired) electrons. The molecule has 2 aliphatic heterocycles. The van der Waals surface area contributed by atoms with Gasteiger partial charge in [-0.3, -0.25) is 4.79 Å². The number of halogens is 3. The molecule has 1 aliphatic carbocycles. The number of aromatic nitrogens is 2. The number of hydrogen-bond donors (Lipinski definition) is 0. The fraction of sp³-hybridized carbons (Fsp3) is 0.471. The second-order valence-electron chi connectivity index (χ2n) is 12.6. The van der Waals surface area contributed by atoms with Crippen LogP contribution in [0.1, 0.15) is 37.4 Å². The molecule has 6 rings (SSSR count). The Bertz CT molecular complexity index is 1710. The summed E-state index contributed by atoms with van der Waals surface area (Å²) in [5, 5.41) is 11.1. The highest BCUT2D eigenvalue weighted by Crippen LogP contribution is 2.46. The molecule has 12 heteroatoms. The van der Waals surface area contributed by atoms with E-state index in [0.29, 0.717) is 50.4 Å². The van der Waals surface area contributed by atoms with Crippen molar-refractivity contribution >= 4 is 39.8 Å². The van der Waals surface area contributed by atoms with Crippen LogP contribution < -0.4 is 14.5 Å². The molecule has 1 saturated carbocycles. The van der Waals surface area contributed by atoms with Gasteiger partial charge in [-0.2, -0.15) is 15.2 Å². The van der Waals surface area contributed by atoms with Gasteiger partial charge >= 0.3 is 6.01 Å². The Balaban J connectivity index is 1.34. The second kappa shape index (κ2) is 13.0. The molecular formula is C34H38ClF2N7O2. The molecule has 3 heterocycles. The van der Waals surface area contributed by atoms with E-state index in [2.05, 4.69) is 41.3 Å². The minimum absolute atomic E-state index is 0.0474. The van der Waals surface area contributed by atoms with E-state index in [0.717, 1.165) is 48.3 Å². The number of carbonyl (C=O) groups is 1. The number of fused-ring (bicyclic) bond motifs is 2. The van der Waals surface area contributed by atoms with E-state index in [9.17, 15) is 18.8 Å². The van der Waals surface area contributed by atoms with Crippen LogP contribution in [0.25, 0.3) is 10.8 Å². The lowest BCUT2D eigenvalue weighted by atomic mass is 10.0. The molecule has 3 aromatic rings. The highest BCUT2D eigenvalue weighted by molar-refractivity contribution is 6.36. The first-order chi connectivity index (χ1) is 22.1. The third-order valence-electron chi connectivity index (χ3n) is 9.49. The Morgan fingerprint density at radius 3 is 2.74 bits per heavy atom. The Hall–Kier alpha value is -4.01. The maximum atomic E-state index is 14.6. The number of nitrogens with zero attached hydrogens (tertiary/aromatic N) is 7. The monoisotopic (exact) mass is 649 g/mol. The topological polar surface area (TPSA) is 88.8 Å². The number of ether oxygens (including phenoxy) is 1. The Morgan fingerprint density at radius 1 is 1.22 bits per heavy atom. The van der Waals surface area contributed by atoms with Crippen molar-refractivity contribution in [1.82, 2.24) is 19.8 Å². The van der Waals surface area contributed by atoms with Gasteiger partial charge in [0.1, 0.15) is 11.6 Å². The number of amides is 1. The van der Waals surface area contributed by atoms with Crippen molar-refractivity contribution < 1.29 is 18.3 Å². The van der Waals surface area contributed by atoms with E-state index in [1.807, 2.05) is 18.2 Å². The van der Waals surface area contributed by atoms with E-state index in [1.165, 1.54) is 11.0 Å². The molecule has 1 aromatic heterocycles. The lowest BCUT2D eigenvalue weighted by Crippen LogP contribution is -2.55. The lowest BCUT2D eigenvalue weighted by Gasteiger charge is -2.42. The molecule has 1 saturated heterocycles. The fourth-order valence-electron chi connectivity index (χ4n) is 6.65. The molecule has 242 valence electrons. The van der Waals surface area contributed by atoms with Gasteiger partial charge in [0.2, 0.25) is 0 Å². The number of rotatable bonds is 10. The van der Waals surface area contributed by atoms with Crippen LogP contribution in [0.3, 0.4) is 0 Å². The highest BCUT2D eigenvalue weighted by atomic mass is 35.5. The molecule has 2 fully saturated rings. The standard InChI is InChI=1S/C34H38ClF2N7O2/c1-4-41(3)20-34(12-13-34)21-46-33-39-27-19-42(28-7-5-6-23-8-9-26(37)30(35)29(23)28)15-11-25(27)31(40-33)43-16-17-44(32(45)22(2)36)24(18-43)10-14-38/h5-9,24H,2,4,10-13,15-21H2,1,3H3/t24-/m0/s1. The SMILES string of the molecule is C=C(F)C(=O)N1CCN(c2nc(OCC3(CN(C)CC)CC3)nc3c2CCN(c2cccc4ccc(F)c(Cl)c24)C3)C[C@@H]1CC#N. The molecule has 1 amide bonds. The highest BCUT2D eigenvalue weighted by Gasteiger charge is 2.44. The number of benzene rings is 2. The van der Waals surface area contributed by atoms with Crippen LogP contribution >= 0.6 is 11.6 Å². The molecule has 1 atom stereocenters. The van der Waals surface area contributed by atoms with Crippen LogP contribution in [0.4, 0.5) is 20.3 Å². The third kappa shape index (κ3) is 6.33. The zero-order valence-corrected chi connectivity index (χ0v) is 27.0. The van der Waals surface area contributed by atoms with Crippen LogP contribution in [0.5, 0.6) is 6.01 Å². The Labute approximate surface area is 273 Å². The minimum Gasteiger partial charge on any atom is -0.463 e. The van der Waals surface area contributed by atoms with E-state index in [-0.39, 0.29) is 29.4 Å². The molecule has 0 spiro atoms. The van der Waals surface area contributed by atoms with Crippen LogP contribution in [0.15, 0.2) is 42.7 Å². The number of carbonyl (C=O) groups excluding carboxylic acids is 1. The summed E-state index contributed by atoms with van der Waals surface area (Å²) in [5.41, 5.74) is 2.64. The van der Waals surface area contributed by atoms with Crippen molar-refractivity contribution in [3.05, 3.63) is 64.8 Å². The molecule has 0 unspecified atom stereocenters. The Kier molecular flexibility index (Phi) is 9.03. The van der Waals surface area contributed by atoms with Crippen LogP contribution in [-0.2, 0) is 17.8 Å². The summed E-state index contributed by atoms with van der Waals surface area (Å²) in [7, 11) is 2.11. The van der Waals surface area contributed by atoms with Gasteiger partial charge in [0, 0.05) is 54.8 Å². The molecule has 46 heavy (non-hydrogen) atoms. The first-order valence-corrected chi connectivity index (χ1v) is 16.1. The molecule has 0 bridgehead atoms. The summed E-state index contributed by atoms with van der Waals surface area (Å²) in [6, 6.07) is 10.8. The molecule has 9 nitrogen and oxygen atoms in total. The van der Waals surface area contributed by atoms with Gasteiger partial charge in [-0.25, -0.2) is 8.78 Å². The summed E-state index contributed by atoms with van der Waals surface area (Å²) >= 11 is 6.49. The van der Waals surface area contributed by atoms with Crippen molar-refractivity contribution in [3.63, 3.8) is 0 Å². The zero-order chi connectivity index (χ0) is 32.6. The number of hydrogen-bond acceptors (Lipinski definition) is 8. The van der Waals surface area contributed by atoms with Crippen LogP contribution in [-0.4, -0.2) is 84.6 Å². The number of nitriles is 1. The summed E-state index contributed by atoms with van der Waals surface area (Å²) < 4.78 is 34.8. The van der Waals surface area contributed by atoms with Crippen molar-refractivity contribution in [3.8, 4) is 12.1 Å². The third-order valence-corrected chi connectivity index (χ3v) is 9.86. The summed E-state index contributed by atoms with van der Waals surface area (Å²) in [6.45, 7) is 9.66. The maximum Gasteiger partial charge on any atom is 0.318 e. The normalized spacial score (nSPS) is 18.8. The fourth-order valence-corrected chi connectivity index (χ4v) is 6.92. The zero-order valence-electron chi connectivity index (χ0n) is 26.2. The molecule has 0 N–H and O–H groups in total. The minimum atomic E-state index is -1.04. The summed E-state index contributed by atoms with van der Waals surface area (Å²) in [6.07, 6.45) is 2.80. The number of anilines is 2. The van der Waals surface area contributed by atoms with E-state index in [1.54, 1.807) is 6.07 Å². The first-order valence-electron chi connectivity index (χ1n) is 15.7.